The molecule has 586 valence electrons. The Kier molecular flexibility index (Phi) is 32.8. The lowest BCUT2D eigenvalue weighted by atomic mass is 9.86. The summed E-state index contributed by atoms with van der Waals surface area (Å²) < 4.78 is 72.9. The second-order valence-electron chi connectivity index (χ2n) is 27.2. The molecule has 8 N–H and O–H groups in total. The van der Waals surface area contributed by atoms with Crippen LogP contribution in [0.1, 0.15) is 117 Å². The summed E-state index contributed by atoms with van der Waals surface area (Å²) in [6.45, 7) is 18.8. The number of nitrogens with one attached hydrogen (secondary N) is 7. The lowest BCUT2D eigenvalue weighted by molar-refractivity contribution is -0.172. The summed E-state index contributed by atoms with van der Waals surface area (Å²) >= 11 is 0. The van der Waals surface area contributed by atoms with Crippen molar-refractivity contribution in [3.05, 3.63) is 63.0 Å². The number of pyridine rings is 2. The number of carbonyl (C=O) groups is 10. The monoisotopic (exact) mass is 1490 g/mol. The molecule has 35 heteroatoms. The maximum absolute atomic E-state index is 14.1. The van der Waals surface area contributed by atoms with Gasteiger partial charge in [-0.25, -0.2) is 19.4 Å². The van der Waals surface area contributed by atoms with Crippen molar-refractivity contribution >= 4 is 70.4 Å². The first-order valence-corrected chi connectivity index (χ1v) is 35.5. The first-order valence-electron chi connectivity index (χ1n) is 35.5. The highest BCUT2D eigenvalue weighted by molar-refractivity contribution is 6.15. The molecule has 4 aliphatic rings. The van der Waals surface area contributed by atoms with Gasteiger partial charge in [0.15, 0.2) is 17.1 Å². The number of hydrogen-bond donors (Lipinski definition) is 8. The van der Waals surface area contributed by atoms with Crippen molar-refractivity contribution in [1.29, 1.82) is 0 Å². The molecule has 4 aliphatic heterocycles. The number of aliphatic hydroxyl groups is 1. The molecule has 9 amide bonds. The highest BCUT2D eigenvalue weighted by Crippen LogP contribution is 2.43. The topological polar surface area (TPSA) is 433 Å². The van der Waals surface area contributed by atoms with E-state index in [0.717, 1.165) is 17.1 Å². The molecule has 0 saturated heterocycles. The lowest BCUT2D eigenvalue weighted by Gasteiger charge is -2.31. The number of carbonyl (C=O) groups excluding carboxylic acids is 10. The quantitative estimate of drug-likeness (QED) is 0.0134. The Labute approximate surface area is 614 Å². The molecule has 7 rings (SSSR count). The van der Waals surface area contributed by atoms with Crippen molar-refractivity contribution in [2.75, 3.05) is 139 Å². The van der Waals surface area contributed by atoms with Crippen molar-refractivity contribution in [1.82, 2.24) is 51.7 Å². The number of fused-ring (bicyclic) bond motifs is 6. The normalized spacial score (nSPS) is 15.8. The van der Waals surface area contributed by atoms with E-state index in [1.807, 2.05) is 0 Å². The molecule has 0 unspecified atom stereocenters. The fourth-order valence-corrected chi connectivity index (χ4v) is 11.3. The Hall–Kier alpha value is -8.94. The zero-order chi connectivity index (χ0) is 77.0. The van der Waals surface area contributed by atoms with Crippen LogP contribution in [0.4, 0.5) is 9.59 Å². The molecule has 0 aliphatic carbocycles. The molecule has 0 bridgehead atoms. The molecule has 1 aromatic carbocycles. The van der Waals surface area contributed by atoms with E-state index >= 15 is 0 Å². The van der Waals surface area contributed by atoms with Gasteiger partial charge in [0, 0.05) is 60.8 Å². The Balaban J connectivity index is 0.734. The number of alkyl carbamates (subject to hydrolysis) is 2. The standard InChI is InChI=1S/C71H102N10O25/c1-10-71(93)49-36-52-61-47(41-80(52)65(89)48(49)42-102-66(71)90)46(45-35-54-55(104-43-103-54)37-51(45)77-61)38-74-57(83)40-75-62(86)50(13-11-12-17-73-67(91)105-69(4,5)6)78-64(88)60(44(2)3)79-56(82)16-19-94-21-23-96-25-27-98-29-31-100-33-34-101-32-30-99-28-26-97-24-22-95-20-18-72-63(87)53(81-58(84)14-15-59(81)85)39-76-68(92)106-70(7,8)9/h14-15,35-37,44,50,53,60,93H,10-13,16-34,38-43H2,1-9H3,(H,72,87)(H,73,91)(H,74,83)(H,75,86)(H,76,92)(H,78,88)(H,79,82)/t50-,53-,60-,71-/m0/s1. The van der Waals surface area contributed by atoms with Crippen LogP contribution in [0, 0.1) is 5.92 Å². The van der Waals surface area contributed by atoms with Gasteiger partial charge in [-0.3, -0.25) is 43.3 Å². The SMILES string of the molecule is CC[C@@]1(O)C(=O)OCc2c1cc1n(c2=O)Cc2c-1nc1cc3c(cc1c2CNC(=O)CNC(=O)[C@H](CCCCNC(=O)OC(C)(C)C)NC(=O)[C@@H](NC(=O)CCOCCOCCOCCOCCOCCOCCOCCOCCNC(=O)[C@H](CNC(=O)OC(C)(C)C)N1C(=O)C=CC1=O)C(C)C)OCO3. The van der Waals surface area contributed by atoms with Gasteiger partial charge in [-0.05, 0) is 90.8 Å². The molecule has 2 aromatic heterocycles. The summed E-state index contributed by atoms with van der Waals surface area (Å²) in [6, 6.07) is 1.47. The Morgan fingerprint density at radius 3 is 1.71 bits per heavy atom. The minimum Gasteiger partial charge on any atom is -0.458 e. The van der Waals surface area contributed by atoms with Gasteiger partial charge in [-0.15, -0.1) is 0 Å². The zero-order valence-electron chi connectivity index (χ0n) is 61.8. The molecular formula is C71H102N10O25. The summed E-state index contributed by atoms with van der Waals surface area (Å²) in [7, 11) is 0. The Morgan fingerprint density at radius 2 is 1.15 bits per heavy atom. The van der Waals surface area contributed by atoms with Crippen molar-refractivity contribution in [3.8, 4) is 22.9 Å². The number of ether oxygens (including phenoxy) is 13. The second kappa shape index (κ2) is 41.3. The molecule has 0 spiro atoms. The number of imide groups is 1. The zero-order valence-corrected chi connectivity index (χ0v) is 61.8. The molecule has 0 saturated carbocycles. The van der Waals surface area contributed by atoms with Crippen LogP contribution in [-0.2, 0) is 116 Å². The van der Waals surface area contributed by atoms with Gasteiger partial charge in [0.2, 0.25) is 36.3 Å². The summed E-state index contributed by atoms with van der Waals surface area (Å²) in [5.74, 6) is -4.82. The van der Waals surface area contributed by atoms with Gasteiger partial charge < -0.3 is 108 Å². The van der Waals surface area contributed by atoms with E-state index in [2.05, 4.69) is 37.2 Å². The van der Waals surface area contributed by atoms with E-state index in [9.17, 15) is 57.8 Å². The van der Waals surface area contributed by atoms with Crippen LogP contribution in [0.25, 0.3) is 22.3 Å². The van der Waals surface area contributed by atoms with E-state index in [1.165, 1.54) is 4.57 Å². The third-order valence-electron chi connectivity index (χ3n) is 16.6. The van der Waals surface area contributed by atoms with Gasteiger partial charge in [-0.2, -0.15) is 0 Å². The Bertz CT molecular complexity index is 3630. The van der Waals surface area contributed by atoms with E-state index in [-0.39, 0.29) is 116 Å². The van der Waals surface area contributed by atoms with Crippen molar-refractivity contribution < 1.29 is 115 Å². The smallest absolute Gasteiger partial charge is 0.407 e. The maximum Gasteiger partial charge on any atom is 0.407 e. The number of esters is 1. The summed E-state index contributed by atoms with van der Waals surface area (Å²) in [5.41, 5.74) is -1.39. The molecule has 4 atom stereocenters. The summed E-state index contributed by atoms with van der Waals surface area (Å²) in [4.78, 5) is 149. The van der Waals surface area contributed by atoms with Crippen LogP contribution >= 0.6 is 0 Å². The fraction of sp³-hybridized carbons (Fsp3) is 0.634. The van der Waals surface area contributed by atoms with E-state index in [0.29, 0.717) is 124 Å². The van der Waals surface area contributed by atoms with E-state index in [4.69, 9.17) is 66.6 Å². The number of hydrogen-bond acceptors (Lipinski definition) is 26. The molecule has 0 fully saturated rings. The van der Waals surface area contributed by atoms with Crippen LogP contribution in [0.3, 0.4) is 0 Å². The van der Waals surface area contributed by atoms with Crippen LogP contribution in [-0.4, -0.2) is 247 Å². The number of rotatable bonds is 46. The first-order chi connectivity index (χ1) is 50.6. The molecular weight excluding hydrogens is 1390 g/mol. The van der Waals surface area contributed by atoms with Crippen LogP contribution in [0.5, 0.6) is 11.5 Å². The number of unbranched alkanes of at least 4 members (excludes halogenated alkanes) is 1. The minimum absolute atomic E-state index is 0.0264. The third-order valence-corrected chi connectivity index (χ3v) is 16.6. The highest BCUT2D eigenvalue weighted by atomic mass is 16.7. The van der Waals surface area contributed by atoms with E-state index < -0.39 is 112 Å². The van der Waals surface area contributed by atoms with Gasteiger partial charge in [-0.1, -0.05) is 20.8 Å². The first kappa shape index (κ1) is 84.3. The minimum atomic E-state index is -2.05. The molecule has 0 radical (unpaired) electrons. The number of cyclic esters (lactones) is 1. The number of amides is 9. The molecule has 3 aromatic rings. The predicted molar refractivity (Wildman–Crippen MR) is 375 cm³/mol. The second-order valence-corrected chi connectivity index (χ2v) is 27.2. The van der Waals surface area contributed by atoms with Crippen molar-refractivity contribution in [2.24, 2.45) is 5.92 Å². The maximum atomic E-state index is 14.1. The number of benzene rings is 1. The van der Waals surface area contributed by atoms with Gasteiger partial charge in [0.1, 0.15) is 35.9 Å². The lowest BCUT2D eigenvalue weighted by Crippen LogP contribution is -2.56. The average molecular weight is 1500 g/mol. The number of nitrogens with zero attached hydrogens (tertiary/aromatic N) is 3. The van der Waals surface area contributed by atoms with E-state index in [1.54, 1.807) is 80.5 Å². The average Bonchev–Trinajstić information content (AvgIpc) is 1.53. The molecule has 106 heavy (non-hydrogen) atoms. The van der Waals surface area contributed by atoms with Crippen molar-refractivity contribution in [3.63, 3.8) is 0 Å². The molecule has 6 heterocycles. The fourth-order valence-electron chi connectivity index (χ4n) is 11.3. The largest absolute Gasteiger partial charge is 0.458 e. The Morgan fingerprint density at radius 1 is 0.604 bits per heavy atom. The van der Waals surface area contributed by atoms with Gasteiger partial charge >= 0.3 is 18.2 Å². The van der Waals surface area contributed by atoms with Crippen LogP contribution < -0.4 is 52.3 Å². The van der Waals surface area contributed by atoms with Crippen LogP contribution in [0.15, 0.2) is 35.1 Å². The summed E-state index contributed by atoms with van der Waals surface area (Å²) in [6.07, 6.45) is 1.38. The van der Waals surface area contributed by atoms with Crippen molar-refractivity contribution in [2.45, 2.75) is 149 Å². The predicted octanol–water partition coefficient (Wildman–Crippen LogP) is 1.32. The van der Waals surface area contributed by atoms with Gasteiger partial charge in [0.05, 0.1) is 148 Å². The van der Waals surface area contributed by atoms with Gasteiger partial charge in [0.25, 0.3) is 17.4 Å². The van der Waals surface area contributed by atoms with Crippen LogP contribution in [0.2, 0.25) is 0 Å². The number of aromatic nitrogens is 2. The summed E-state index contributed by atoms with van der Waals surface area (Å²) in [5, 5.41) is 30.8. The highest BCUT2D eigenvalue weighted by Gasteiger charge is 2.46. The molecule has 35 nitrogen and oxygen atoms in total. The third kappa shape index (κ3) is 25.7.